The molecule has 1 aliphatic heterocycles. The largest absolute Gasteiger partial charge is 0.465 e. The molecule has 37 heavy (non-hydrogen) atoms. The number of nitrogens with two attached hydrogens (primary N) is 1. The summed E-state index contributed by atoms with van der Waals surface area (Å²) in [6.45, 7) is 0.553. The number of anilines is 2. The van der Waals surface area contributed by atoms with Gasteiger partial charge in [-0.1, -0.05) is 6.07 Å². The quantitative estimate of drug-likeness (QED) is 0.382. The zero-order chi connectivity index (χ0) is 26.1. The first-order chi connectivity index (χ1) is 17.9. The summed E-state index contributed by atoms with van der Waals surface area (Å²) in [7, 11) is 0. The molecule has 1 aliphatic rings. The molecule has 0 spiro atoms. The van der Waals surface area contributed by atoms with Crippen LogP contribution in [0.4, 0.5) is 20.8 Å². The van der Waals surface area contributed by atoms with E-state index in [1.807, 2.05) is 0 Å². The average Bonchev–Trinajstić information content (AvgIpc) is 3.31. The molecular weight excluding hydrogens is 479 g/mol. The van der Waals surface area contributed by atoms with Gasteiger partial charge in [0.1, 0.15) is 29.2 Å². The van der Waals surface area contributed by atoms with Crippen LogP contribution in [0.5, 0.6) is 0 Å². The van der Waals surface area contributed by atoms with Gasteiger partial charge in [-0.05, 0) is 43.2 Å². The lowest BCUT2D eigenvalue weighted by Gasteiger charge is -2.31. The number of nitriles is 1. The minimum Gasteiger partial charge on any atom is -0.465 e. The number of amides is 2. The van der Waals surface area contributed by atoms with Gasteiger partial charge in [-0.2, -0.15) is 10.4 Å². The van der Waals surface area contributed by atoms with E-state index in [0.717, 1.165) is 6.07 Å². The van der Waals surface area contributed by atoms with Crippen LogP contribution in [0.2, 0.25) is 0 Å². The fourth-order valence-corrected chi connectivity index (χ4v) is 4.53. The van der Waals surface area contributed by atoms with E-state index in [1.165, 1.54) is 29.4 Å². The summed E-state index contributed by atoms with van der Waals surface area (Å²) in [5, 5.41) is 26.7. The van der Waals surface area contributed by atoms with Crippen molar-refractivity contribution < 1.29 is 19.1 Å². The maximum atomic E-state index is 15.4. The minimum absolute atomic E-state index is 0.0533. The number of halogens is 1. The molecule has 1 saturated heterocycles. The van der Waals surface area contributed by atoms with Crippen LogP contribution in [-0.2, 0) is 0 Å². The van der Waals surface area contributed by atoms with Crippen molar-refractivity contribution in [1.29, 1.82) is 5.26 Å². The van der Waals surface area contributed by atoms with E-state index in [4.69, 9.17) is 5.73 Å². The van der Waals surface area contributed by atoms with Crippen LogP contribution in [0.1, 0.15) is 34.8 Å². The number of carbonyl (C=O) groups excluding carboxylic acids is 1. The number of rotatable bonds is 4. The van der Waals surface area contributed by atoms with Crippen molar-refractivity contribution in [3.8, 4) is 17.3 Å². The number of hydrogen-bond acceptors (Lipinski definition) is 7. The lowest BCUT2D eigenvalue weighted by atomic mass is 10.0. The SMILES string of the molecule is N#Cc1cnc(N)c2c(-c3ccc(C(=O)Nc4ccccn4)cc3F)nn(C3CCCN(C(=O)O)C3)c12. The molecule has 5 rings (SSSR count). The van der Waals surface area contributed by atoms with Gasteiger partial charge in [0.2, 0.25) is 0 Å². The van der Waals surface area contributed by atoms with E-state index in [2.05, 4.69) is 26.5 Å². The Labute approximate surface area is 210 Å². The summed E-state index contributed by atoms with van der Waals surface area (Å²) in [6, 6.07) is 10.7. The van der Waals surface area contributed by atoms with Crippen molar-refractivity contribution >= 4 is 34.5 Å². The molecule has 1 aromatic carbocycles. The molecular formula is C25H21FN8O3. The Morgan fingerprint density at radius 1 is 1.24 bits per heavy atom. The van der Waals surface area contributed by atoms with Crippen molar-refractivity contribution in [2.45, 2.75) is 18.9 Å². The van der Waals surface area contributed by atoms with Crippen LogP contribution in [0.25, 0.3) is 22.2 Å². The summed E-state index contributed by atoms with van der Waals surface area (Å²) in [6.07, 6.45) is 3.01. The first kappa shape index (κ1) is 23.7. The molecule has 2 amide bonds. The molecule has 1 fully saturated rings. The molecule has 11 nitrogen and oxygen atoms in total. The van der Waals surface area contributed by atoms with Crippen molar-refractivity contribution in [3.63, 3.8) is 0 Å². The lowest BCUT2D eigenvalue weighted by Crippen LogP contribution is -2.40. The second-order valence-corrected chi connectivity index (χ2v) is 8.57. The Morgan fingerprint density at radius 3 is 2.78 bits per heavy atom. The van der Waals surface area contributed by atoms with Gasteiger partial charge in [0.05, 0.1) is 22.5 Å². The average molecular weight is 500 g/mol. The molecule has 186 valence electrons. The number of nitrogens with zero attached hydrogens (tertiary/aromatic N) is 6. The number of hydrogen-bond donors (Lipinski definition) is 3. The van der Waals surface area contributed by atoms with Crippen molar-refractivity contribution in [3.05, 3.63) is 65.7 Å². The van der Waals surface area contributed by atoms with Gasteiger partial charge < -0.3 is 21.1 Å². The molecule has 3 aromatic heterocycles. The second-order valence-electron chi connectivity index (χ2n) is 8.57. The van der Waals surface area contributed by atoms with E-state index in [-0.39, 0.29) is 46.2 Å². The van der Waals surface area contributed by atoms with E-state index in [1.54, 1.807) is 22.9 Å². The summed E-state index contributed by atoms with van der Waals surface area (Å²) in [4.78, 5) is 33.6. The van der Waals surface area contributed by atoms with Crippen molar-refractivity contribution in [2.24, 2.45) is 0 Å². The summed E-state index contributed by atoms with van der Waals surface area (Å²) in [5.74, 6) is -0.883. The molecule has 12 heteroatoms. The number of carbonyl (C=O) groups is 2. The Bertz CT molecular complexity index is 1560. The van der Waals surface area contributed by atoms with E-state index in [0.29, 0.717) is 30.7 Å². The smallest absolute Gasteiger partial charge is 0.407 e. The fraction of sp³-hybridized carbons (Fsp3) is 0.200. The monoisotopic (exact) mass is 500 g/mol. The predicted molar refractivity (Wildman–Crippen MR) is 132 cm³/mol. The molecule has 4 heterocycles. The number of nitrogens with one attached hydrogen (secondary N) is 1. The number of aromatic nitrogens is 4. The minimum atomic E-state index is -1.05. The van der Waals surface area contributed by atoms with Gasteiger partial charge in [0, 0.05) is 36.6 Å². The first-order valence-electron chi connectivity index (χ1n) is 11.4. The normalized spacial score (nSPS) is 15.4. The van der Waals surface area contributed by atoms with Crippen molar-refractivity contribution in [2.75, 3.05) is 24.1 Å². The Kier molecular flexibility index (Phi) is 6.10. The maximum Gasteiger partial charge on any atom is 0.407 e. The van der Waals surface area contributed by atoms with E-state index in [9.17, 15) is 20.0 Å². The van der Waals surface area contributed by atoms with Crippen molar-refractivity contribution in [1.82, 2.24) is 24.6 Å². The van der Waals surface area contributed by atoms with Crippen LogP contribution in [0.15, 0.2) is 48.8 Å². The summed E-state index contributed by atoms with van der Waals surface area (Å²) >= 11 is 0. The molecule has 1 unspecified atom stereocenters. The molecule has 0 saturated carbocycles. The van der Waals surface area contributed by atoms with E-state index >= 15 is 4.39 Å². The maximum absolute atomic E-state index is 15.4. The number of piperidine rings is 1. The first-order valence-corrected chi connectivity index (χ1v) is 11.4. The van der Waals surface area contributed by atoms with Gasteiger partial charge in [-0.3, -0.25) is 9.48 Å². The molecule has 1 atom stereocenters. The lowest BCUT2D eigenvalue weighted by molar-refractivity contribution is 0.102. The predicted octanol–water partition coefficient (Wildman–Crippen LogP) is 3.65. The molecule has 4 N–H and O–H groups in total. The summed E-state index contributed by atoms with van der Waals surface area (Å²) < 4.78 is 17.0. The van der Waals surface area contributed by atoms with Gasteiger partial charge in [-0.15, -0.1) is 0 Å². The Hall–Kier alpha value is -5.05. The van der Waals surface area contributed by atoms with E-state index < -0.39 is 17.8 Å². The molecule has 0 aliphatic carbocycles. The Balaban J connectivity index is 1.59. The van der Waals surface area contributed by atoms with Gasteiger partial charge in [0.15, 0.2) is 0 Å². The standard InChI is InChI=1S/C25H21FN8O3/c26-18-10-14(24(35)31-19-5-1-2-8-29-19)6-7-17(18)21-20-22(15(11-27)12-30-23(20)28)34(32-21)16-4-3-9-33(13-16)25(36)37/h1-2,5-8,10,12,16H,3-4,9,13H2,(H2,28,30)(H,36,37)(H,29,31,35). The Morgan fingerprint density at radius 2 is 2.08 bits per heavy atom. The van der Waals surface area contributed by atoms with Gasteiger partial charge in [0.25, 0.3) is 5.91 Å². The fourth-order valence-electron chi connectivity index (χ4n) is 4.53. The number of fused-ring (bicyclic) bond motifs is 1. The number of benzene rings is 1. The van der Waals surface area contributed by atoms with Crippen LogP contribution < -0.4 is 11.1 Å². The highest BCUT2D eigenvalue weighted by Gasteiger charge is 2.30. The summed E-state index contributed by atoms with van der Waals surface area (Å²) in [5.41, 5.74) is 7.01. The highest BCUT2D eigenvalue weighted by atomic mass is 19.1. The van der Waals surface area contributed by atoms with Gasteiger partial charge >= 0.3 is 6.09 Å². The van der Waals surface area contributed by atoms with Crippen LogP contribution in [-0.4, -0.2) is 54.8 Å². The zero-order valence-corrected chi connectivity index (χ0v) is 19.4. The second kappa shape index (κ2) is 9.54. The molecule has 0 bridgehead atoms. The third-order valence-corrected chi connectivity index (χ3v) is 6.28. The molecule has 0 radical (unpaired) electrons. The van der Waals surface area contributed by atoms with Crippen LogP contribution >= 0.6 is 0 Å². The number of carboxylic acid groups (broad SMARTS) is 1. The van der Waals surface area contributed by atoms with Crippen LogP contribution in [0.3, 0.4) is 0 Å². The van der Waals surface area contributed by atoms with Crippen LogP contribution in [0, 0.1) is 17.1 Å². The number of pyridine rings is 2. The third kappa shape index (κ3) is 4.38. The highest BCUT2D eigenvalue weighted by molar-refractivity contribution is 6.05. The number of nitrogen functional groups attached to an aromatic ring is 1. The van der Waals surface area contributed by atoms with Gasteiger partial charge in [-0.25, -0.2) is 19.2 Å². The topological polar surface area (TPSA) is 163 Å². The number of likely N-dealkylation sites (tertiary alicyclic amines) is 1. The molecule has 4 aromatic rings. The highest BCUT2D eigenvalue weighted by Crippen LogP contribution is 2.37. The third-order valence-electron chi connectivity index (χ3n) is 6.28. The zero-order valence-electron chi connectivity index (χ0n) is 19.4.